The van der Waals surface area contributed by atoms with Gasteiger partial charge in [-0.25, -0.2) is 4.39 Å². The van der Waals surface area contributed by atoms with Gasteiger partial charge in [0.05, 0.1) is 5.69 Å². The highest BCUT2D eigenvalue weighted by molar-refractivity contribution is 5.27. The molecule has 0 aliphatic carbocycles. The Morgan fingerprint density at radius 2 is 2.29 bits per heavy atom. The van der Waals surface area contributed by atoms with E-state index in [2.05, 4.69) is 4.98 Å². The maximum Gasteiger partial charge on any atom is 0.297 e. The van der Waals surface area contributed by atoms with Crippen molar-refractivity contribution in [3.8, 4) is 0 Å². The van der Waals surface area contributed by atoms with Gasteiger partial charge < -0.3 is 9.32 Å². The predicted octanol–water partition coefficient (Wildman–Crippen LogP) is 2.18. The number of anilines is 1. The topological polar surface area (TPSA) is 29.3 Å². The Morgan fingerprint density at radius 1 is 1.57 bits per heavy atom. The van der Waals surface area contributed by atoms with Crippen LogP contribution < -0.4 is 4.90 Å². The Kier molecular flexibility index (Phi) is 2.70. The lowest BCUT2D eigenvalue weighted by Gasteiger charge is -2.26. The number of halogens is 1. The zero-order chi connectivity index (χ0) is 9.97. The van der Waals surface area contributed by atoms with Crippen LogP contribution in [0.1, 0.15) is 25.5 Å². The van der Waals surface area contributed by atoms with Gasteiger partial charge in [-0.15, -0.1) is 0 Å². The van der Waals surface area contributed by atoms with Crippen molar-refractivity contribution in [1.82, 2.24) is 4.98 Å². The molecule has 0 atom stereocenters. The van der Waals surface area contributed by atoms with E-state index >= 15 is 0 Å². The van der Waals surface area contributed by atoms with Crippen LogP contribution in [0, 0.1) is 0 Å². The molecule has 0 spiro atoms. The molecule has 0 saturated carbocycles. The maximum absolute atomic E-state index is 12.9. The van der Waals surface area contributed by atoms with Gasteiger partial charge in [0.2, 0.25) is 0 Å². The standard InChI is InChI=1S/C10H15FN2O/c1-2-9-7-14-10(12-9)13-5-3-8(11)4-6-13/h7-8H,2-6H2,1H3. The summed E-state index contributed by atoms with van der Waals surface area (Å²) in [6, 6.07) is 0.647. The molecule has 78 valence electrons. The van der Waals surface area contributed by atoms with Gasteiger partial charge in [0, 0.05) is 13.1 Å². The fourth-order valence-electron chi connectivity index (χ4n) is 1.64. The molecule has 0 radical (unpaired) electrons. The maximum atomic E-state index is 12.9. The first kappa shape index (κ1) is 9.49. The minimum atomic E-state index is -0.646. The number of piperidine rings is 1. The molecule has 1 aromatic rings. The van der Waals surface area contributed by atoms with Crippen molar-refractivity contribution in [2.24, 2.45) is 0 Å². The fourth-order valence-corrected chi connectivity index (χ4v) is 1.64. The summed E-state index contributed by atoms with van der Waals surface area (Å²) in [4.78, 5) is 6.32. The average molecular weight is 198 g/mol. The summed E-state index contributed by atoms with van der Waals surface area (Å²) in [7, 11) is 0. The van der Waals surface area contributed by atoms with Crippen molar-refractivity contribution in [2.45, 2.75) is 32.4 Å². The fraction of sp³-hybridized carbons (Fsp3) is 0.700. The Bertz CT molecular complexity index is 292. The second-order valence-corrected chi connectivity index (χ2v) is 3.64. The molecule has 1 aliphatic rings. The van der Waals surface area contributed by atoms with Crippen LogP contribution in [0.2, 0.25) is 0 Å². The largest absolute Gasteiger partial charge is 0.432 e. The molecule has 0 amide bonds. The molecule has 2 rings (SSSR count). The SMILES string of the molecule is CCc1coc(N2CCC(F)CC2)n1. The van der Waals surface area contributed by atoms with E-state index in [1.807, 2.05) is 11.8 Å². The zero-order valence-corrected chi connectivity index (χ0v) is 8.37. The summed E-state index contributed by atoms with van der Waals surface area (Å²) < 4.78 is 18.2. The summed E-state index contributed by atoms with van der Waals surface area (Å²) in [5.41, 5.74) is 0.961. The molecular formula is C10H15FN2O. The molecule has 1 fully saturated rings. The van der Waals surface area contributed by atoms with Crippen molar-refractivity contribution in [1.29, 1.82) is 0 Å². The first-order chi connectivity index (χ1) is 6.79. The lowest BCUT2D eigenvalue weighted by atomic mass is 10.1. The van der Waals surface area contributed by atoms with Gasteiger partial charge in [-0.3, -0.25) is 0 Å². The van der Waals surface area contributed by atoms with Crippen LogP contribution in [0.15, 0.2) is 10.7 Å². The van der Waals surface area contributed by atoms with E-state index in [0.29, 0.717) is 31.9 Å². The molecule has 4 heteroatoms. The third kappa shape index (κ3) is 1.89. The normalized spacial score (nSPS) is 18.9. The van der Waals surface area contributed by atoms with Gasteiger partial charge in [-0.05, 0) is 19.3 Å². The van der Waals surface area contributed by atoms with Crippen LogP contribution >= 0.6 is 0 Å². The highest BCUT2D eigenvalue weighted by Crippen LogP contribution is 2.20. The molecule has 0 unspecified atom stereocenters. The van der Waals surface area contributed by atoms with Crippen molar-refractivity contribution in [3.05, 3.63) is 12.0 Å². The number of hydrogen-bond acceptors (Lipinski definition) is 3. The molecule has 1 aromatic heterocycles. The van der Waals surface area contributed by atoms with Crippen LogP contribution in [-0.2, 0) is 6.42 Å². The molecule has 1 aliphatic heterocycles. The molecular weight excluding hydrogens is 183 g/mol. The van der Waals surface area contributed by atoms with Crippen molar-refractivity contribution < 1.29 is 8.81 Å². The van der Waals surface area contributed by atoms with E-state index in [4.69, 9.17) is 4.42 Å². The second kappa shape index (κ2) is 3.98. The van der Waals surface area contributed by atoms with E-state index in [1.54, 1.807) is 6.26 Å². The Morgan fingerprint density at radius 3 is 2.86 bits per heavy atom. The lowest BCUT2D eigenvalue weighted by Crippen LogP contribution is -2.34. The van der Waals surface area contributed by atoms with E-state index in [0.717, 1.165) is 12.1 Å². The van der Waals surface area contributed by atoms with Gasteiger partial charge in [0.1, 0.15) is 12.4 Å². The molecule has 1 saturated heterocycles. The van der Waals surface area contributed by atoms with Crippen molar-refractivity contribution in [2.75, 3.05) is 18.0 Å². The molecule has 3 nitrogen and oxygen atoms in total. The first-order valence-corrected chi connectivity index (χ1v) is 5.13. The summed E-state index contributed by atoms with van der Waals surface area (Å²) in [5, 5.41) is 0. The number of alkyl halides is 1. The number of rotatable bonds is 2. The average Bonchev–Trinajstić information content (AvgIpc) is 2.67. The smallest absolute Gasteiger partial charge is 0.297 e. The summed E-state index contributed by atoms with van der Waals surface area (Å²) in [6.07, 6.45) is 3.08. The van der Waals surface area contributed by atoms with Gasteiger partial charge in [-0.1, -0.05) is 6.92 Å². The molecule has 0 N–H and O–H groups in total. The Hall–Kier alpha value is -1.06. The van der Waals surface area contributed by atoms with E-state index < -0.39 is 6.17 Å². The van der Waals surface area contributed by atoms with Gasteiger partial charge in [0.15, 0.2) is 0 Å². The van der Waals surface area contributed by atoms with E-state index in [9.17, 15) is 4.39 Å². The summed E-state index contributed by atoms with van der Waals surface area (Å²) >= 11 is 0. The second-order valence-electron chi connectivity index (χ2n) is 3.64. The van der Waals surface area contributed by atoms with E-state index in [1.165, 1.54) is 0 Å². The highest BCUT2D eigenvalue weighted by atomic mass is 19.1. The van der Waals surface area contributed by atoms with Crippen LogP contribution in [-0.4, -0.2) is 24.2 Å². The van der Waals surface area contributed by atoms with Crippen LogP contribution in [0.5, 0.6) is 0 Å². The van der Waals surface area contributed by atoms with Crippen molar-refractivity contribution >= 4 is 6.01 Å². The van der Waals surface area contributed by atoms with Crippen LogP contribution in [0.3, 0.4) is 0 Å². The Labute approximate surface area is 82.9 Å². The quantitative estimate of drug-likeness (QED) is 0.729. The third-order valence-electron chi connectivity index (χ3n) is 2.60. The number of hydrogen-bond donors (Lipinski definition) is 0. The minimum Gasteiger partial charge on any atom is -0.432 e. The Balaban J connectivity index is 2.01. The monoisotopic (exact) mass is 198 g/mol. The van der Waals surface area contributed by atoms with Crippen LogP contribution in [0.4, 0.5) is 10.4 Å². The number of aryl methyl sites for hydroxylation is 1. The third-order valence-corrected chi connectivity index (χ3v) is 2.60. The zero-order valence-electron chi connectivity index (χ0n) is 8.37. The van der Waals surface area contributed by atoms with Crippen molar-refractivity contribution in [3.63, 3.8) is 0 Å². The summed E-state index contributed by atoms with van der Waals surface area (Å²) in [5.74, 6) is 0. The molecule has 2 heterocycles. The van der Waals surface area contributed by atoms with Gasteiger partial charge in [0.25, 0.3) is 6.01 Å². The molecule has 0 aromatic carbocycles. The predicted molar refractivity (Wildman–Crippen MR) is 52.2 cm³/mol. The van der Waals surface area contributed by atoms with Gasteiger partial charge >= 0.3 is 0 Å². The first-order valence-electron chi connectivity index (χ1n) is 5.13. The van der Waals surface area contributed by atoms with Crippen LogP contribution in [0.25, 0.3) is 0 Å². The molecule has 0 bridgehead atoms. The number of aromatic nitrogens is 1. The minimum absolute atomic E-state index is 0.587. The highest BCUT2D eigenvalue weighted by Gasteiger charge is 2.21. The number of oxazole rings is 1. The summed E-state index contributed by atoms with van der Waals surface area (Å²) in [6.45, 7) is 3.46. The molecule has 14 heavy (non-hydrogen) atoms. The van der Waals surface area contributed by atoms with Gasteiger partial charge in [-0.2, -0.15) is 4.98 Å². The van der Waals surface area contributed by atoms with E-state index in [-0.39, 0.29) is 0 Å². The number of nitrogens with zero attached hydrogens (tertiary/aromatic N) is 2. The lowest BCUT2D eigenvalue weighted by molar-refractivity contribution is 0.272.